The summed E-state index contributed by atoms with van der Waals surface area (Å²) in [6.07, 6.45) is 8.18. The zero-order chi connectivity index (χ0) is 9.26. The lowest BCUT2D eigenvalue weighted by atomic mass is 9.93. The van der Waals surface area contributed by atoms with E-state index in [9.17, 15) is 0 Å². The molecule has 66 valence electrons. The van der Waals surface area contributed by atoms with Gasteiger partial charge in [0, 0.05) is 13.3 Å². The Morgan fingerprint density at radius 2 is 2.31 bits per heavy atom. The summed E-state index contributed by atoms with van der Waals surface area (Å²) in [5, 5.41) is 0. The van der Waals surface area contributed by atoms with Gasteiger partial charge in [0.25, 0.3) is 0 Å². The van der Waals surface area contributed by atoms with Crippen molar-refractivity contribution in [2.45, 2.75) is 12.8 Å². The zero-order valence-corrected chi connectivity index (χ0v) is 7.75. The molecule has 1 heterocycles. The van der Waals surface area contributed by atoms with Crippen LogP contribution in [0.1, 0.15) is 12.8 Å². The summed E-state index contributed by atoms with van der Waals surface area (Å²) in [7, 11) is 1.79. The summed E-state index contributed by atoms with van der Waals surface area (Å²) in [4.78, 5) is 8.57. The van der Waals surface area contributed by atoms with Crippen molar-refractivity contribution in [2.24, 2.45) is 9.98 Å². The molecule has 0 aromatic heterocycles. The van der Waals surface area contributed by atoms with Gasteiger partial charge in [-0.2, -0.15) is 0 Å². The van der Waals surface area contributed by atoms with Crippen LogP contribution in [0.5, 0.6) is 0 Å². The number of aliphatic imine (C=N–C) groups is 2. The first-order valence-corrected chi connectivity index (χ1v) is 4.43. The Morgan fingerprint density at radius 1 is 1.46 bits per heavy atom. The number of allylic oxidation sites excluding steroid dienone is 4. The molecule has 0 saturated heterocycles. The molecule has 0 atom stereocenters. The van der Waals surface area contributed by atoms with Gasteiger partial charge < -0.3 is 0 Å². The van der Waals surface area contributed by atoms with Crippen LogP contribution in [0.15, 0.2) is 45.6 Å². The second-order valence-electron chi connectivity index (χ2n) is 3.15. The molecule has 0 bridgehead atoms. The van der Waals surface area contributed by atoms with Crippen molar-refractivity contribution in [1.29, 1.82) is 0 Å². The zero-order valence-electron chi connectivity index (χ0n) is 7.75. The smallest absolute Gasteiger partial charge is 0.0915 e. The van der Waals surface area contributed by atoms with E-state index >= 15 is 0 Å². The molecular weight excluding hydrogens is 160 g/mol. The molecular formula is C11H12N2. The molecule has 0 spiro atoms. The van der Waals surface area contributed by atoms with Gasteiger partial charge in [-0.25, -0.2) is 0 Å². The van der Waals surface area contributed by atoms with E-state index in [1.165, 1.54) is 5.57 Å². The predicted octanol–water partition coefficient (Wildman–Crippen LogP) is 2.30. The van der Waals surface area contributed by atoms with Crippen LogP contribution in [0.3, 0.4) is 0 Å². The van der Waals surface area contributed by atoms with Crippen LogP contribution >= 0.6 is 0 Å². The number of nitrogens with zero attached hydrogens (tertiary/aromatic N) is 2. The molecule has 0 aromatic rings. The Morgan fingerprint density at radius 3 is 3.08 bits per heavy atom. The van der Waals surface area contributed by atoms with Crippen molar-refractivity contribution in [3.05, 3.63) is 35.6 Å². The van der Waals surface area contributed by atoms with Gasteiger partial charge in [-0.15, -0.1) is 0 Å². The van der Waals surface area contributed by atoms with Crippen LogP contribution < -0.4 is 0 Å². The third-order valence-corrected chi connectivity index (χ3v) is 2.31. The first-order chi connectivity index (χ1) is 6.33. The van der Waals surface area contributed by atoms with E-state index in [0.717, 1.165) is 29.8 Å². The van der Waals surface area contributed by atoms with Crippen molar-refractivity contribution in [3.8, 4) is 0 Å². The van der Waals surface area contributed by atoms with Crippen LogP contribution in [0.25, 0.3) is 0 Å². The Labute approximate surface area is 78.1 Å². The largest absolute Gasteiger partial charge is 0.286 e. The van der Waals surface area contributed by atoms with Crippen molar-refractivity contribution < 1.29 is 0 Å². The Bertz CT molecular complexity index is 368. The highest BCUT2D eigenvalue weighted by Gasteiger charge is 2.17. The van der Waals surface area contributed by atoms with Crippen LogP contribution in [0, 0.1) is 0 Å². The number of rotatable bonds is 0. The second-order valence-corrected chi connectivity index (χ2v) is 3.15. The van der Waals surface area contributed by atoms with E-state index in [2.05, 4.69) is 22.6 Å². The van der Waals surface area contributed by atoms with Crippen molar-refractivity contribution in [1.82, 2.24) is 0 Å². The standard InChI is InChI=1S/C11H12N2/c1-8-5-6-9-4-3-7-13-11(9)10(8)12-2/h5-7H,1,3-4H2,2H3. The summed E-state index contributed by atoms with van der Waals surface area (Å²) in [5.41, 5.74) is 4.20. The van der Waals surface area contributed by atoms with Crippen LogP contribution in [-0.4, -0.2) is 19.0 Å². The fourth-order valence-corrected chi connectivity index (χ4v) is 1.63. The normalized spacial score (nSPS) is 24.1. The molecule has 2 nitrogen and oxygen atoms in total. The van der Waals surface area contributed by atoms with Gasteiger partial charge in [-0.1, -0.05) is 18.7 Å². The van der Waals surface area contributed by atoms with E-state index < -0.39 is 0 Å². The van der Waals surface area contributed by atoms with E-state index in [0.29, 0.717) is 0 Å². The lowest BCUT2D eigenvalue weighted by Gasteiger charge is -2.18. The van der Waals surface area contributed by atoms with Gasteiger partial charge in [0.05, 0.1) is 11.4 Å². The fraction of sp³-hybridized carbons (Fsp3) is 0.273. The quantitative estimate of drug-likeness (QED) is 0.535. The monoisotopic (exact) mass is 172 g/mol. The van der Waals surface area contributed by atoms with E-state index in [1.807, 2.05) is 12.3 Å². The Hall–Kier alpha value is -1.44. The summed E-state index contributed by atoms with van der Waals surface area (Å²) in [6.45, 7) is 3.93. The molecule has 2 rings (SSSR count). The predicted molar refractivity (Wildman–Crippen MR) is 56.4 cm³/mol. The Kier molecular flexibility index (Phi) is 1.97. The maximum absolute atomic E-state index is 4.37. The van der Waals surface area contributed by atoms with E-state index in [-0.39, 0.29) is 0 Å². The topological polar surface area (TPSA) is 24.7 Å². The van der Waals surface area contributed by atoms with Gasteiger partial charge in [0.2, 0.25) is 0 Å². The highest BCUT2D eigenvalue weighted by atomic mass is 14.8. The third-order valence-electron chi connectivity index (χ3n) is 2.31. The molecule has 0 radical (unpaired) electrons. The first kappa shape index (κ1) is 8.17. The average molecular weight is 172 g/mol. The van der Waals surface area contributed by atoms with Gasteiger partial charge in [0.1, 0.15) is 0 Å². The van der Waals surface area contributed by atoms with Crippen LogP contribution in [0.4, 0.5) is 0 Å². The molecule has 1 aliphatic heterocycles. The minimum absolute atomic E-state index is 0.938. The number of hydrogen-bond acceptors (Lipinski definition) is 2. The molecule has 1 aliphatic carbocycles. The fourth-order valence-electron chi connectivity index (χ4n) is 1.63. The lowest BCUT2D eigenvalue weighted by Crippen LogP contribution is -2.12. The molecule has 0 saturated carbocycles. The molecule has 0 fully saturated rings. The van der Waals surface area contributed by atoms with E-state index in [4.69, 9.17) is 0 Å². The van der Waals surface area contributed by atoms with Gasteiger partial charge in [-0.05, 0) is 24.0 Å². The molecule has 0 amide bonds. The summed E-state index contributed by atoms with van der Waals surface area (Å²) >= 11 is 0. The molecule has 2 heteroatoms. The summed E-state index contributed by atoms with van der Waals surface area (Å²) in [5.74, 6) is 0. The maximum Gasteiger partial charge on any atom is 0.0915 e. The van der Waals surface area contributed by atoms with Gasteiger partial charge in [0.15, 0.2) is 0 Å². The summed E-state index contributed by atoms with van der Waals surface area (Å²) < 4.78 is 0. The lowest BCUT2D eigenvalue weighted by molar-refractivity contribution is 1.01. The highest BCUT2D eigenvalue weighted by Crippen LogP contribution is 2.26. The van der Waals surface area contributed by atoms with Gasteiger partial charge in [-0.3, -0.25) is 9.98 Å². The molecule has 13 heavy (non-hydrogen) atoms. The van der Waals surface area contributed by atoms with E-state index in [1.54, 1.807) is 7.05 Å². The molecule has 0 aromatic carbocycles. The molecule has 2 aliphatic rings. The number of hydrogen-bond donors (Lipinski definition) is 0. The Balaban J connectivity index is 2.51. The minimum atomic E-state index is 0.938. The second kappa shape index (κ2) is 3.13. The van der Waals surface area contributed by atoms with Crippen LogP contribution in [0.2, 0.25) is 0 Å². The highest BCUT2D eigenvalue weighted by molar-refractivity contribution is 6.16. The minimum Gasteiger partial charge on any atom is -0.286 e. The molecule has 0 N–H and O–H groups in total. The third kappa shape index (κ3) is 1.28. The molecule has 0 unspecified atom stereocenters. The summed E-state index contributed by atoms with van der Waals surface area (Å²) in [6, 6.07) is 0. The van der Waals surface area contributed by atoms with Gasteiger partial charge >= 0.3 is 0 Å². The first-order valence-electron chi connectivity index (χ1n) is 4.43. The SMILES string of the molecule is C=C1C=CC2=C(N=CCC2)C1=NC. The van der Waals surface area contributed by atoms with Crippen molar-refractivity contribution in [2.75, 3.05) is 7.05 Å². The average Bonchev–Trinajstić information content (AvgIpc) is 2.18. The van der Waals surface area contributed by atoms with Crippen molar-refractivity contribution in [3.63, 3.8) is 0 Å². The maximum atomic E-state index is 4.37. The van der Waals surface area contributed by atoms with Crippen molar-refractivity contribution >= 4 is 11.9 Å². The van der Waals surface area contributed by atoms with Crippen LogP contribution in [-0.2, 0) is 0 Å².